The lowest BCUT2D eigenvalue weighted by molar-refractivity contribution is -0.137. The summed E-state index contributed by atoms with van der Waals surface area (Å²) in [4.78, 5) is 15.7. The topological polar surface area (TPSA) is 131 Å². The molecule has 10 nitrogen and oxygen atoms in total. The van der Waals surface area contributed by atoms with Crippen LogP contribution < -0.4 is 10.5 Å². The van der Waals surface area contributed by atoms with E-state index in [2.05, 4.69) is 30.2 Å². The first-order valence-electron chi connectivity index (χ1n) is 8.40. The van der Waals surface area contributed by atoms with E-state index in [1.54, 1.807) is 7.05 Å². The molecule has 0 amide bonds. The first-order valence-corrected chi connectivity index (χ1v) is 8.40. The maximum Gasteiger partial charge on any atom is 0.417 e. The van der Waals surface area contributed by atoms with Crippen molar-refractivity contribution in [1.29, 1.82) is 0 Å². The lowest BCUT2D eigenvalue weighted by atomic mass is 10.2. The number of pyridine rings is 1. The Balaban J connectivity index is 1.53. The molecular formula is C17H13F3N8O2. The van der Waals surface area contributed by atoms with E-state index in [1.165, 1.54) is 23.3 Å². The molecule has 0 bridgehead atoms. The number of aromatic nitrogens is 7. The predicted molar refractivity (Wildman–Crippen MR) is 95.5 cm³/mol. The van der Waals surface area contributed by atoms with Crippen molar-refractivity contribution in [3.63, 3.8) is 0 Å². The summed E-state index contributed by atoms with van der Waals surface area (Å²) in [5.74, 6) is 0.575. The smallest absolute Gasteiger partial charge is 0.417 e. The molecule has 0 aliphatic heterocycles. The van der Waals surface area contributed by atoms with Crippen molar-refractivity contribution in [3.8, 4) is 28.7 Å². The average Bonchev–Trinajstić information content (AvgIpc) is 3.33. The van der Waals surface area contributed by atoms with E-state index in [1.807, 2.05) is 0 Å². The fraction of sp³-hybridized carbons (Fsp3) is 0.176. The van der Waals surface area contributed by atoms with Crippen molar-refractivity contribution < 1.29 is 22.4 Å². The molecule has 4 aromatic rings. The van der Waals surface area contributed by atoms with Crippen LogP contribution >= 0.6 is 0 Å². The van der Waals surface area contributed by atoms with Crippen LogP contribution in [0.5, 0.6) is 5.88 Å². The molecule has 0 saturated heterocycles. The van der Waals surface area contributed by atoms with Crippen LogP contribution in [0, 0.1) is 0 Å². The number of hydrogen-bond acceptors (Lipinski definition) is 9. The maximum absolute atomic E-state index is 12.6. The highest BCUT2D eigenvalue weighted by Gasteiger charge is 2.30. The summed E-state index contributed by atoms with van der Waals surface area (Å²) in [5.41, 5.74) is 6.17. The summed E-state index contributed by atoms with van der Waals surface area (Å²) >= 11 is 0. The minimum Gasteiger partial charge on any atom is -0.471 e. The zero-order valence-corrected chi connectivity index (χ0v) is 15.3. The number of rotatable bonds is 5. The lowest BCUT2D eigenvalue weighted by Gasteiger charge is -2.09. The summed E-state index contributed by atoms with van der Waals surface area (Å²) in [5, 5.41) is 8.03. The van der Waals surface area contributed by atoms with E-state index < -0.39 is 11.7 Å². The Morgan fingerprint density at radius 1 is 1.10 bits per heavy atom. The molecule has 13 heteroatoms. The number of anilines is 1. The third-order valence-corrected chi connectivity index (χ3v) is 4.07. The van der Waals surface area contributed by atoms with Crippen LogP contribution in [0.4, 0.5) is 19.1 Å². The molecule has 4 aromatic heterocycles. The highest BCUT2D eigenvalue weighted by molar-refractivity contribution is 5.60. The van der Waals surface area contributed by atoms with E-state index in [9.17, 15) is 13.2 Å². The molecular weight excluding hydrogens is 405 g/mol. The van der Waals surface area contributed by atoms with Gasteiger partial charge in [0.25, 0.3) is 5.89 Å². The van der Waals surface area contributed by atoms with E-state index in [4.69, 9.17) is 15.0 Å². The van der Waals surface area contributed by atoms with Crippen LogP contribution in [0.2, 0.25) is 0 Å². The van der Waals surface area contributed by atoms with E-state index >= 15 is 0 Å². The second-order valence-corrected chi connectivity index (χ2v) is 6.05. The largest absolute Gasteiger partial charge is 0.471 e. The van der Waals surface area contributed by atoms with Gasteiger partial charge in [-0.15, -0.1) is 0 Å². The average molecular weight is 418 g/mol. The SMILES string of the molecule is Cn1ncc(-c2nc(-c3cnc(N)nc3)no2)c1COc1ccc(C(F)(F)F)cn1. The molecule has 30 heavy (non-hydrogen) atoms. The van der Waals surface area contributed by atoms with Gasteiger partial charge in [-0.2, -0.15) is 23.3 Å². The molecule has 2 N–H and O–H groups in total. The minimum absolute atomic E-state index is 0.0281. The molecule has 4 rings (SSSR count). The molecule has 0 saturated carbocycles. The number of nitrogens with zero attached hydrogens (tertiary/aromatic N) is 7. The molecule has 0 aliphatic carbocycles. The summed E-state index contributed by atoms with van der Waals surface area (Å²) < 4.78 is 50.2. The van der Waals surface area contributed by atoms with Gasteiger partial charge in [-0.1, -0.05) is 5.16 Å². The van der Waals surface area contributed by atoms with Crippen molar-refractivity contribution in [3.05, 3.63) is 48.2 Å². The summed E-state index contributed by atoms with van der Waals surface area (Å²) in [7, 11) is 1.67. The number of nitrogen functional groups attached to an aromatic ring is 1. The van der Waals surface area contributed by atoms with E-state index in [0.29, 0.717) is 23.0 Å². The van der Waals surface area contributed by atoms with E-state index in [0.717, 1.165) is 12.1 Å². The van der Waals surface area contributed by atoms with Gasteiger partial charge < -0.3 is 15.0 Å². The van der Waals surface area contributed by atoms with Crippen molar-refractivity contribution in [2.45, 2.75) is 12.8 Å². The Morgan fingerprint density at radius 2 is 1.87 bits per heavy atom. The molecule has 0 atom stereocenters. The van der Waals surface area contributed by atoms with Gasteiger partial charge in [-0.05, 0) is 6.07 Å². The van der Waals surface area contributed by atoms with Crippen LogP contribution in [0.15, 0.2) is 41.4 Å². The lowest BCUT2D eigenvalue weighted by Crippen LogP contribution is -2.07. The Labute approximate surface area is 166 Å². The van der Waals surface area contributed by atoms with Crippen LogP contribution in [0.3, 0.4) is 0 Å². The van der Waals surface area contributed by atoms with Crippen LogP contribution in [0.25, 0.3) is 22.8 Å². The predicted octanol–water partition coefficient (Wildman–Crippen LogP) is 2.50. The molecule has 0 spiro atoms. The first-order chi connectivity index (χ1) is 14.3. The van der Waals surface area contributed by atoms with E-state index in [-0.39, 0.29) is 30.2 Å². The summed E-state index contributed by atoms with van der Waals surface area (Å²) in [6.45, 7) is -0.0348. The first kappa shape index (κ1) is 19.3. The molecule has 0 aliphatic rings. The quantitative estimate of drug-likeness (QED) is 0.519. The van der Waals surface area contributed by atoms with Crippen LogP contribution in [-0.4, -0.2) is 34.9 Å². The molecule has 4 heterocycles. The van der Waals surface area contributed by atoms with Crippen molar-refractivity contribution in [2.75, 3.05) is 5.73 Å². The van der Waals surface area contributed by atoms with Crippen molar-refractivity contribution in [1.82, 2.24) is 34.9 Å². The van der Waals surface area contributed by atoms with Gasteiger partial charge in [-0.3, -0.25) is 4.68 Å². The van der Waals surface area contributed by atoms with Gasteiger partial charge in [0.15, 0.2) is 0 Å². The zero-order valence-electron chi connectivity index (χ0n) is 15.3. The minimum atomic E-state index is -4.47. The number of hydrogen-bond donors (Lipinski definition) is 1. The Morgan fingerprint density at radius 3 is 2.53 bits per heavy atom. The molecule has 0 aromatic carbocycles. The second kappa shape index (κ2) is 7.42. The molecule has 154 valence electrons. The van der Waals surface area contributed by atoms with Gasteiger partial charge in [-0.25, -0.2) is 15.0 Å². The van der Waals surface area contributed by atoms with Gasteiger partial charge in [0, 0.05) is 31.7 Å². The Kier molecular flexibility index (Phi) is 4.77. The van der Waals surface area contributed by atoms with Crippen LogP contribution in [-0.2, 0) is 19.8 Å². The number of ether oxygens (including phenoxy) is 1. The highest BCUT2D eigenvalue weighted by atomic mass is 19.4. The van der Waals surface area contributed by atoms with Gasteiger partial charge in [0.1, 0.15) is 6.61 Å². The van der Waals surface area contributed by atoms with Crippen molar-refractivity contribution in [2.24, 2.45) is 7.05 Å². The molecule has 0 unspecified atom stereocenters. The monoisotopic (exact) mass is 418 g/mol. The third-order valence-electron chi connectivity index (χ3n) is 4.07. The zero-order chi connectivity index (χ0) is 21.3. The molecule has 0 fully saturated rings. The standard InChI is InChI=1S/C17H13F3N8O2/c1-28-12(8-29-13-3-2-10(6-22-13)17(18,19)20)11(7-25-28)15-26-14(27-30-15)9-4-23-16(21)24-5-9/h2-7H,8H2,1H3,(H2,21,23,24). The van der Waals surface area contributed by atoms with Gasteiger partial charge in [0.05, 0.1) is 28.6 Å². The number of halogens is 3. The van der Waals surface area contributed by atoms with Gasteiger partial charge in [0.2, 0.25) is 17.7 Å². The fourth-order valence-corrected chi connectivity index (χ4v) is 2.49. The Hall–Kier alpha value is -4.03. The maximum atomic E-state index is 12.6. The highest BCUT2D eigenvalue weighted by Crippen LogP contribution is 2.30. The van der Waals surface area contributed by atoms with Crippen LogP contribution in [0.1, 0.15) is 11.3 Å². The summed E-state index contributed by atoms with van der Waals surface area (Å²) in [6.07, 6.45) is 0.668. The molecule has 0 radical (unpaired) electrons. The van der Waals surface area contributed by atoms with Gasteiger partial charge >= 0.3 is 6.18 Å². The summed E-state index contributed by atoms with van der Waals surface area (Å²) in [6, 6.07) is 2.04. The normalized spacial score (nSPS) is 11.6. The second-order valence-electron chi connectivity index (χ2n) is 6.05. The number of nitrogens with two attached hydrogens (primary N) is 1. The Bertz CT molecular complexity index is 1150. The number of alkyl halides is 3. The fourth-order valence-electron chi connectivity index (χ4n) is 2.49. The third kappa shape index (κ3) is 3.90. The van der Waals surface area contributed by atoms with Crippen molar-refractivity contribution >= 4 is 5.95 Å². The number of aryl methyl sites for hydroxylation is 1.